The quantitative estimate of drug-likeness (QED) is 0.497. The fourth-order valence-corrected chi connectivity index (χ4v) is 4.10. The van der Waals surface area contributed by atoms with E-state index in [1.165, 1.54) is 0 Å². The molecule has 0 atom stereocenters. The molecule has 5 rings (SSSR count). The number of fused-ring (bicyclic) bond motifs is 1. The van der Waals surface area contributed by atoms with E-state index in [4.69, 9.17) is 4.74 Å². The van der Waals surface area contributed by atoms with Gasteiger partial charge in [0, 0.05) is 37.1 Å². The van der Waals surface area contributed by atoms with Crippen molar-refractivity contribution in [3.05, 3.63) is 96.2 Å². The number of anilines is 1. The highest BCUT2D eigenvalue weighted by molar-refractivity contribution is 5.94. The fraction of sp³-hybridized carbons (Fsp3) is 0.185. The molecule has 33 heavy (non-hydrogen) atoms. The Morgan fingerprint density at radius 1 is 0.848 bits per heavy atom. The summed E-state index contributed by atoms with van der Waals surface area (Å²) in [5.74, 6) is 0.979. The van der Waals surface area contributed by atoms with Crippen LogP contribution in [0.5, 0.6) is 11.5 Å². The van der Waals surface area contributed by atoms with Crippen LogP contribution in [0.25, 0.3) is 10.9 Å². The normalized spacial score (nSPS) is 13.8. The van der Waals surface area contributed by atoms with Gasteiger partial charge >= 0.3 is 0 Å². The molecule has 1 amide bonds. The molecule has 6 nitrogen and oxygen atoms in total. The molecule has 0 bridgehead atoms. The number of para-hydroxylation sites is 3. The highest BCUT2D eigenvalue weighted by Crippen LogP contribution is 2.27. The Kier molecular flexibility index (Phi) is 5.81. The molecule has 2 heterocycles. The van der Waals surface area contributed by atoms with Crippen LogP contribution in [0.2, 0.25) is 0 Å². The highest BCUT2D eigenvalue weighted by Gasteiger charge is 2.23. The molecule has 0 radical (unpaired) electrons. The number of phenolic OH excluding ortho intramolecular Hbond substituents is 1. The van der Waals surface area contributed by atoms with Gasteiger partial charge in [0.1, 0.15) is 18.1 Å². The number of nitrogens with zero attached hydrogens (tertiary/aromatic N) is 3. The van der Waals surface area contributed by atoms with Crippen molar-refractivity contribution in [3.63, 3.8) is 0 Å². The van der Waals surface area contributed by atoms with Gasteiger partial charge in [0.05, 0.1) is 16.9 Å². The van der Waals surface area contributed by atoms with Crippen molar-refractivity contribution in [1.82, 2.24) is 9.88 Å². The lowest BCUT2D eigenvalue weighted by molar-refractivity contribution is 0.0746. The van der Waals surface area contributed by atoms with Crippen molar-refractivity contribution in [2.45, 2.75) is 6.61 Å². The van der Waals surface area contributed by atoms with Crippen LogP contribution in [0.1, 0.15) is 16.1 Å². The number of rotatable bonds is 5. The first-order valence-corrected chi connectivity index (χ1v) is 11.1. The second kappa shape index (κ2) is 9.20. The summed E-state index contributed by atoms with van der Waals surface area (Å²) in [4.78, 5) is 21.5. The van der Waals surface area contributed by atoms with E-state index >= 15 is 0 Å². The van der Waals surface area contributed by atoms with Gasteiger partial charge in [-0.3, -0.25) is 4.79 Å². The van der Waals surface area contributed by atoms with Gasteiger partial charge in [-0.25, -0.2) is 4.98 Å². The second-order valence-electron chi connectivity index (χ2n) is 8.08. The number of amides is 1. The van der Waals surface area contributed by atoms with Gasteiger partial charge in [-0.05, 0) is 48.5 Å². The minimum Gasteiger partial charge on any atom is -0.506 e. The smallest absolute Gasteiger partial charge is 0.253 e. The number of hydrogen-bond acceptors (Lipinski definition) is 5. The van der Waals surface area contributed by atoms with Crippen molar-refractivity contribution in [1.29, 1.82) is 0 Å². The van der Waals surface area contributed by atoms with Crippen molar-refractivity contribution < 1.29 is 14.6 Å². The lowest BCUT2D eigenvalue weighted by atomic mass is 10.1. The molecule has 0 unspecified atom stereocenters. The second-order valence-corrected chi connectivity index (χ2v) is 8.08. The number of benzene rings is 3. The maximum absolute atomic E-state index is 12.9. The maximum Gasteiger partial charge on any atom is 0.253 e. The fourth-order valence-electron chi connectivity index (χ4n) is 4.10. The molecule has 1 saturated heterocycles. The number of ether oxygens (including phenoxy) is 1. The summed E-state index contributed by atoms with van der Waals surface area (Å²) in [6.45, 7) is 2.96. The average molecular weight is 440 g/mol. The number of phenols is 1. The topological polar surface area (TPSA) is 65.9 Å². The van der Waals surface area contributed by atoms with Crippen LogP contribution in [-0.2, 0) is 6.61 Å². The van der Waals surface area contributed by atoms with Crippen molar-refractivity contribution in [2.75, 3.05) is 31.1 Å². The summed E-state index contributed by atoms with van der Waals surface area (Å²) in [7, 11) is 0. The molecule has 1 aromatic heterocycles. The molecule has 1 aliphatic heterocycles. The van der Waals surface area contributed by atoms with Crippen LogP contribution >= 0.6 is 0 Å². The lowest BCUT2D eigenvalue weighted by Crippen LogP contribution is -2.48. The molecule has 0 aliphatic carbocycles. The molecular weight excluding hydrogens is 414 g/mol. The van der Waals surface area contributed by atoms with E-state index in [0.717, 1.165) is 22.3 Å². The third-order valence-electron chi connectivity index (χ3n) is 5.93. The van der Waals surface area contributed by atoms with Gasteiger partial charge in [0.15, 0.2) is 0 Å². The Bertz CT molecular complexity index is 1270. The Morgan fingerprint density at radius 2 is 1.58 bits per heavy atom. The monoisotopic (exact) mass is 439 g/mol. The molecule has 3 aromatic carbocycles. The predicted octanol–water partition coefficient (Wildman–Crippen LogP) is 4.48. The van der Waals surface area contributed by atoms with Crippen molar-refractivity contribution >= 4 is 22.5 Å². The summed E-state index contributed by atoms with van der Waals surface area (Å²) < 4.78 is 5.88. The first-order valence-electron chi connectivity index (χ1n) is 11.1. The van der Waals surface area contributed by atoms with E-state index < -0.39 is 0 Å². The molecular formula is C27H25N3O3. The number of aromatic hydroxyl groups is 1. The largest absolute Gasteiger partial charge is 0.506 e. The Morgan fingerprint density at radius 3 is 2.36 bits per heavy atom. The van der Waals surface area contributed by atoms with Gasteiger partial charge in [-0.15, -0.1) is 0 Å². The van der Waals surface area contributed by atoms with Gasteiger partial charge in [-0.1, -0.05) is 36.4 Å². The van der Waals surface area contributed by atoms with Crippen LogP contribution in [0.3, 0.4) is 0 Å². The highest BCUT2D eigenvalue weighted by atomic mass is 16.5. The van der Waals surface area contributed by atoms with Gasteiger partial charge in [0.25, 0.3) is 5.91 Å². The summed E-state index contributed by atoms with van der Waals surface area (Å²) in [5.41, 5.74) is 3.26. The van der Waals surface area contributed by atoms with Crippen LogP contribution in [-0.4, -0.2) is 47.1 Å². The summed E-state index contributed by atoms with van der Waals surface area (Å²) in [6, 6.07) is 26.6. The minimum atomic E-state index is 0.00896. The van der Waals surface area contributed by atoms with E-state index in [1.807, 2.05) is 71.6 Å². The molecule has 0 spiro atoms. The zero-order chi connectivity index (χ0) is 22.6. The number of hydrogen-bond donors (Lipinski definition) is 1. The summed E-state index contributed by atoms with van der Waals surface area (Å²) in [6.07, 6.45) is 0. The number of carbonyl (C=O) groups excluding carboxylic acids is 1. The third-order valence-corrected chi connectivity index (χ3v) is 5.93. The van der Waals surface area contributed by atoms with Crippen molar-refractivity contribution in [2.24, 2.45) is 0 Å². The van der Waals surface area contributed by atoms with Crippen LogP contribution in [0.4, 0.5) is 5.69 Å². The summed E-state index contributed by atoms with van der Waals surface area (Å²) >= 11 is 0. The Labute approximate surface area is 192 Å². The van der Waals surface area contributed by atoms with E-state index in [0.29, 0.717) is 44.1 Å². The number of aromatic nitrogens is 1. The number of piperazine rings is 1. The van der Waals surface area contributed by atoms with Gasteiger partial charge in [0.2, 0.25) is 0 Å². The van der Waals surface area contributed by atoms with Gasteiger partial charge in [-0.2, -0.15) is 0 Å². The molecule has 1 aliphatic rings. The first kappa shape index (κ1) is 20.8. The van der Waals surface area contributed by atoms with E-state index in [9.17, 15) is 9.90 Å². The SMILES string of the molecule is O=C(c1ccc(OCc2ccc3ccccc3n2)cc1)N1CCN(c2ccccc2O)CC1. The number of carbonyl (C=O) groups is 1. The Balaban J connectivity index is 1.17. The zero-order valence-corrected chi connectivity index (χ0v) is 18.2. The van der Waals surface area contributed by atoms with Gasteiger partial charge < -0.3 is 19.6 Å². The van der Waals surface area contributed by atoms with Crippen molar-refractivity contribution in [3.8, 4) is 11.5 Å². The number of pyridine rings is 1. The minimum absolute atomic E-state index is 0.00896. The zero-order valence-electron chi connectivity index (χ0n) is 18.2. The summed E-state index contributed by atoms with van der Waals surface area (Å²) in [5, 5.41) is 11.2. The third kappa shape index (κ3) is 4.60. The lowest BCUT2D eigenvalue weighted by Gasteiger charge is -2.36. The molecule has 6 heteroatoms. The molecule has 166 valence electrons. The maximum atomic E-state index is 12.9. The predicted molar refractivity (Wildman–Crippen MR) is 129 cm³/mol. The van der Waals surface area contributed by atoms with E-state index in [1.54, 1.807) is 18.2 Å². The van der Waals surface area contributed by atoms with E-state index in [-0.39, 0.29) is 11.7 Å². The van der Waals surface area contributed by atoms with E-state index in [2.05, 4.69) is 9.88 Å². The average Bonchev–Trinajstić information content (AvgIpc) is 2.88. The first-order chi connectivity index (χ1) is 16.2. The molecule has 1 N–H and O–H groups in total. The van der Waals surface area contributed by atoms with Crippen LogP contribution in [0.15, 0.2) is 84.9 Å². The van der Waals surface area contributed by atoms with Crippen LogP contribution in [0, 0.1) is 0 Å². The standard InChI is InChI=1S/C27H25N3O3/c31-26-8-4-3-7-25(26)29-15-17-30(18-16-29)27(32)21-10-13-23(14-11-21)33-19-22-12-9-20-5-1-2-6-24(20)28-22/h1-14,31H,15-19H2. The molecule has 4 aromatic rings. The Hall–Kier alpha value is -4.06. The molecule has 1 fully saturated rings. The van der Waals surface area contributed by atoms with Crippen LogP contribution < -0.4 is 9.64 Å². The molecule has 0 saturated carbocycles.